The van der Waals surface area contributed by atoms with Gasteiger partial charge in [0.2, 0.25) is 0 Å². The minimum Gasteiger partial charge on any atom is -0.366 e. The van der Waals surface area contributed by atoms with Crippen LogP contribution in [-0.4, -0.2) is 11.7 Å². The molecule has 1 saturated heterocycles. The minimum absolute atomic E-state index is 0.136. The van der Waals surface area contributed by atoms with E-state index in [1.165, 1.54) is 18.4 Å². The zero-order chi connectivity index (χ0) is 11.8. The first-order valence-corrected chi connectivity index (χ1v) is 6.42. The van der Waals surface area contributed by atoms with Crippen molar-refractivity contribution in [2.45, 2.75) is 65.1 Å². The van der Waals surface area contributed by atoms with Gasteiger partial charge in [-0.2, -0.15) is 0 Å². The lowest BCUT2D eigenvalue weighted by Gasteiger charge is -2.18. The summed E-state index contributed by atoms with van der Waals surface area (Å²) in [5.74, 6) is 0. The second kappa shape index (κ2) is 4.03. The summed E-state index contributed by atoms with van der Waals surface area (Å²) in [5.41, 5.74) is 1.94. The van der Waals surface area contributed by atoms with Crippen molar-refractivity contribution in [3.05, 3.63) is 23.8 Å². The van der Waals surface area contributed by atoms with Crippen molar-refractivity contribution >= 4 is 0 Å². The lowest BCUT2D eigenvalue weighted by atomic mass is 9.87. The van der Waals surface area contributed by atoms with Crippen molar-refractivity contribution in [3.63, 3.8) is 0 Å². The van der Waals surface area contributed by atoms with Crippen LogP contribution < -0.4 is 0 Å². The Hall–Kier alpha value is -0.560. The van der Waals surface area contributed by atoms with Crippen LogP contribution in [-0.2, 0) is 4.74 Å². The van der Waals surface area contributed by atoms with E-state index in [9.17, 15) is 0 Å². The summed E-state index contributed by atoms with van der Waals surface area (Å²) in [6.07, 6.45) is 12.2. The molecule has 1 aliphatic heterocycles. The monoisotopic (exact) mass is 220 g/mol. The fraction of sp³-hybridized carbons (Fsp3) is 0.733. The van der Waals surface area contributed by atoms with Gasteiger partial charge in [0.05, 0.1) is 11.7 Å². The number of hydrogen-bond donors (Lipinski definition) is 0. The summed E-state index contributed by atoms with van der Waals surface area (Å²) in [6.45, 7) is 9.10. The van der Waals surface area contributed by atoms with E-state index in [0.29, 0.717) is 6.10 Å². The zero-order valence-electron chi connectivity index (χ0n) is 11.0. The van der Waals surface area contributed by atoms with Gasteiger partial charge in [-0.25, -0.2) is 0 Å². The van der Waals surface area contributed by atoms with Gasteiger partial charge in [-0.1, -0.05) is 37.6 Å². The molecule has 1 nitrogen and oxygen atoms in total. The average molecular weight is 220 g/mol. The lowest BCUT2D eigenvalue weighted by molar-refractivity contribution is 0.306. The molecule has 2 rings (SSSR count). The fourth-order valence-corrected chi connectivity index (χ4v) is 2.41. The highest BCUT2D eigenvalue weighted by Crippen LogP contribution is 2.43. The Morgan fingerprint density at radius 2 is 2.00 bits per heavy atom. The SMILES string of the molecule is C/C1=C\CC(C)(C)/C=C/C[C@]2(C)O[C@H]2CC1. The van der Waals surface area contributed by atoms with Crippen molar-refractivity contribution in [3.8, 4) is 0 Å². The number of fused-ring (bicyclic) bond motifs is 1. The van der Waals surface area contributed by atoms with Crippen molar-refractivity contribution in [1.82, 2.24) is 0 Å². The van der Waals surface area contributed by atoms with E-state index in [4.69, 9.17) is 4.74 Å². The van der Waals surface area contributed by atoms with Crippen molar-refractivity contribution in [2.75, 3.05) is 0 Å². The van der Waals surface area contributed by atoms with Gasteiger partial charge in [0, 0.05) is 0 Å². The van der Waals surface area contributed by atoms with Crippen LogP contribution in [0.5, 0.6) is 0 Å². The predicted octanol–water partition coefficient (Wildman–Crippen LogP) is 4.25. The van der Waals surface area contributed by atoms with Crippen LogP contribution in [0.4, 0.5) is 0 Å². The summed E-state index contributed by atoms with van der Waals surface area (Å²) in [7, 11) is 0. The van der Waals surface area contributed by atoms with Crippen LogP contribution in [0.15, 0.2) is 23.8 Å². The Balaban J connectivity index is 2.11. The summed E-state index contributed by atoms with van der Waals surface area (Å²) in [6, 6.07) is 0. The van der Waals surface area contributed by atoms with Gasteiger partial charge in [-0.3, -0.25) is 0 Å². The van der Waals surface area contributed by atoms with Crippen LogP contribution >= 0.6 is 0 Å². The van der Waals surface area contributed by atoms with E-state index in [1.807, 2.05) is 0 Å². The quantitative estimate of drug-likeness (QED) is 0.439. The molecule has 0 bridgehead atoms. The highest BCUT2D eigenvalue weighted by Gasteiger charge is 2.50. The molecule has 1 aliphatic carbocycles. The zero-order valence-corrected chi connectivity index (χ0v) is 11.0. The van der Waals surface area contributed by atoms with Crippen LogP contribution in [0.3, 0.4) is 0 Å². The third-order valence-electron chi connectivity index (χ3n) is 3.91. The second-order valence-electron chi connectivity index (χ2n) is 6.31. The molecule has 1 fully saturated rings. The molecule has 1 heterocycles. The van der Waals surface area contributed by atoms with Crippen LogP contribution in [0.2, 0.25) is 0 Å². The van der Waals surface area contributed by atoms with Crippen molar-refractivity contribution < 1.29 is 4.74 Å². The van der Waals surface area contributed by atoms with Gasteiger partial charge in [-0.15, -0.1) is 0 Å². The fourth-order valence-electron chi connectivity index (χ4n) is 2.41. The minimum atomic E-state index is 0.136. The van der Waals surface area contributed by atoms with E-state index >= 15 is 0 Å². The van der Waals surface area contributed by atoms with Gasteiger partial charge in [0.25, 0.3) is 0 Å². The van der Waals surface area contributed by atoms with E-state index in [0.717, 1.165) is 12.8 Å². The summed E-state index contributed by atoms with van der Waals surface area (Å²) in [5, 5.41) is 0. The Morgan fingerprint density at radius 1 is 1.25 bits per heavy atom. The van der Waals surface area contributed by atoms with Crippen molar-refractivity contribution in [2.24, 2.45) is 5.41 Å². The molecule has 0 saturated carbocycles. The first-order chi connectivity index (χ1) is 7.41. The van der Waals surface area contributed by atoms with Crippen LogP contribution in [0.25, 0.3) is 0 Å². The Morgan fingerprint density at radius 3 is 2.75 bits per heavy atom. The topological polar surface area (TPSA) is 12.5 Å². The summed E-state index contributed by atoms with van der Waals surface area (Å²) >= 11 is 0. The van der Waals surface area contributed by atoms with Gasteiger partial charge < -0.3 is 4.74 Å². The molecular weight excluding hydrogens is 196 g/mol. The third-order valence-corrected chi connectivity index (χ3v) is 3.91. The molecule has 2 atom stereocenters. The molecular formula is C15H24O. The maximum Gasteiger partial charge on any atom is 0.0954 e. The van der Waals surface area contributed by atoms with E-state index < -0.39 is 0 Å². The first kappa shape index (κ1) is 11.9. The third kappa shape index (κ3) is 2.76. The number of allylic oxidation sites excluding steroid dienone is 3. The molecule has 0 radical (unpaired) electrons. The molecule has 0 spiro atoms. The van der Waals surface area contributed by atoms with Crippen LogP contribution in [0, 0.1) is 5.41 Å². The average Bonchev–Trinajstić information content (AvgIpc) is 2.82. The lowest BCUT2D eigenvalue weighted by Crippen LogP contribution is -2.09. The standard InChI is InChI=1S/C15H24O/c1-12-6-7-13-15(4,16-13)10-5-9-14(2,3)11-8-12/h5,8-9,13H,6-7,10-11H2,1-4H3/b9-5+,12-8+/t13-,15-/m0/s1. The molecule has 2 aliphatic rings. The predicted molar refractivity (Wildman–Crippen MR) is 68.4 cm³/mol. The number of epoxide rings is 1. The molecule has 16 heavy (non-hydrogen) atoms. The highest BCUT2D eigenvalue weighted by molar-refractivity contribution is 5.11. The Labute approximate surface area is 99.6 Å². The number of rotatable bonds is 0. The number of hydrogen-bond acceptors (Lipinski definition) is 1. The normalized spacial score (nSPS) is 43.5. The van der Waals surface area contributed by atoms with E-state index in [1.54, 1.807) is 0 Å². The second-order valence-corrected chi connectivity index (χ2v) is 6.31. The molecule has 90 valence electrons. The molecule has 1 heteroatoms. The molecule has 0 N–H and O–H groups in total. The Kier molecular flexibility index (Phi) is 3.00. The molecule has 0 aromatic rings. The molecule has 0 aromatic heterocycles. The smallest absolute Gasteiger partial charge is 0.0954 e. The van der Waals surface area contributed by atoms with Gasteiger partial charge >= 0.3 is 0 Å². The number of ether oxygens (including phenoxy) is 1. The van der Waals surface area contributed by atoms with Gasteiger partial charge in [0.1, 0.15) is 0 Å². The first-order valence-electron chi connectivity index (χ1n) is 6.42. The van der Waals surface area contributed by atoms with E-state index in [-0.39, 0.29) is 11.0 Å². The maximum absolute atomic E-state index is 5.82. The van der Waals surface area contributed by atoms with Crippen molar-refractivity contribution in [1.29, 1.82) is 0 Å². The van der Waals surface area contributed by atoms with E-state index in [2.05, 4.69) is 45.9 Å². The molecule has 0 aromatic carbocycles. The summed E-state index contributed by atoms with van der Waals surface area (Å²) in [4.78, 5) is 0. The van der Waals surface area contributed by atoms with Crippen LogP contribution in [0.1, 0.15) is 53.4 Å². The van der Waals surface area contributed by atoms with Gasteiger partial charge in [0.15, 0.2) is 0 Å². The van der Waals surface area contributed by atoms with Gasteiger partial charge in [-0.05, 0) is 44.9 Å². The maximum atomic E-state index is 5.82. The molecule has 0 unspecified atom stereocenters. The highest BCUT2D eigenvalue weighted by atomic mass is 16.6. The Bertz CT molecular complexity index is 324. The molecule has 0 amide bonds. The summed E-state index contributed by atoms with van der Waals surface area (Å²) < 4.78 is 5.82. The largest absolute Gasteiger partial charge is 0.366 e.